The van der Waals surface area contributed by atoms with E-state index in [0.29, 0.717) is 22.0 Å². The molecule has 3 aromatic rings. The van der Waals surface area contributed by atoms with Crippen LogP contribution >= 0.6 is 11.6 Å². The summed E-state index contributed by atoms with van der Waals surface area (Å²) in [5.41, 5.74) is 9.64. The van der Waals surface area contributed by atoms with Gasteiger partial charge in [-0.05, 0) is 36.8 Å². The van der Waals surface area contributed by atoms with Gasteiger partial charge in [-0.2, -0.15) is 0 Å². The maximum Gasteiger partial charge on any atom is 0.140 e. The van der Waals surface area contributed by atoms with Crippen LogP contribution in [0.15, 0.2) is 36.7 Å². The molecule has 3 nitrogen and oxygen atoms in total. The zero-order valence-electron chi connectivity index (χ0n) is 10.2. The number of nitrogens with two attached hydrogens (primary N) is 1. The molecule has 96 valence electrons. The van der Waals surface area contributed by atoms with Gasteiger partial charge in [0, 0.05) is 23.6 Å². The highest BCUT2D eigenvalue weighted by Crippen LogP contribution is 2.28. The SMILES string of the molecule is Cc1cc(N)cn2cc(-c3ccc(F)cc3Cl)nc12. The first-order valence-electron chi connectivity index (χ1n) is 5.75. The number of benzene rings is 1. The van der Waals surface area contributed by atoms with E-state index in [1.165, 1.54) is 12.1 Å². The summed E-state index contributed by atoms with van der Waals surface area (Å²) in [7, 11) is 0. The van der Waals surface area contributed by atoms with Gasteiger partial charge in [0.05, 0.1) is 10.7 Å². The van der Waals surface area contributed by atoms with Gasteiger partial charge in [0.25, 0.3) is 0 Å². The standard InChI is InChI=1S/C14H11ClFN3/c1-8-4-10(17)6-19-7-13(18-14(8)19)11-3-2-9(16)5-12(11)15/h2-7H,17H2,1H3. The summed E-state index contributed by atoms with van der Waals surface area (Å²) in [6.07, 6.45) is 3.62. The molecule has 0 radical (unpaired) electrons. The Hall–Kier alpha value is -2.07. The number of halogens is 2. The fourth-order valence-electron chi connectivity index (χ4n) is 2.12. The minimum atomic E-state index is -0.363. The van der Waals surface area contributed by atoms with Crippen molar-refractivity contribution < 1.29 is 4.39 Å². The molecule has 1 aromatic carbocycles. The largest absolute Gasteiger partial charge is 0.398 e. The molecule has 0 atom stereocenters. The number of imidazole rings is 1. The lowest BCUT2D eigenvalue weighted by molar-refractivity contribution is 0.628. The first kappa shape index (κ1) is 12.0. The average Bonchev–Trinajstić information content (AvgIpc) is 2.72. The van der Waals surface area contributed by atoms with E-state index in [-0.39, 0.29) is 5.82 Å². The summed E-state index contributed by atoms with van der Waals surface area (Å²) >= 11 is 6.05. The predicted molar refractivity (Wildman–Crippen MR) is 74.7 cm³/mol. The molecule has 0 fully saturated rings. The van der Waals surface area contributed by atoms with Gasteiger partial charge >= 0.3 is 0 Å². The Bertz CT molecular complexity index is 780. The number of nitrogen functional groups attached to an aromatic ring is 1. The third-order valence-electron chi connectivity index (χ3n) is 2.96. The minimum absolute atomic E-state index is 0.342. The topological polar surface area (TPSA) is 43.3 Å². The van der Waals surface area contributed by atoms with Crippen molar-refractivity contribution in [1.82, 2.24) is 9.38 Å². The molecule has 19 heavy (non-hydrogen) atoms. The van der Waals surface area contributed by atoms with Gasteiger partial charge in [0.2, 0.25) is 0 Å². The highest BCUT2D eigenvalue weighted by molar-refractivity contribution is 6.33. The highest BCUT2D eigenvalue weighted by Gasteiger charge is 2.10. The molecule has 0 amide bonds. The van der Waals surface area contributed by atoms with Crippen LogP contribution in [0.5, 0.6) is 0 Å². The second-order valence-corrected chi connectivity index (χ2v) is 4.84. The van der Waals surface area contributed by atoms with E-state index in [9.17, 15) is 4.39 Å². The Morgan fingerprint density at radius 3 is 2.79 bits per heavy atom. The summed E-state index contributed by atoms with van der Waals surface area (Å²) in [6, 6.07) is 6.13. The normalized spacial score (nSPS) is 11.1. The Kier molecular flexibility index (Phi) is 2.68. The average molecular weight is 276 g/mol. The number of fused-ring (bicyclic) bond motifs is 1. The number of nitrogens with zero attached hydrogens (tertiary/aromatic N) is 2. The van der Waals surface area contributed by atoms with Crippen molar-refractivity contribution in [2.45, 2.75) is 6.92 Å². The number of anilines is 1. The van der Waals surface area contributed by atoms with Gasteiger partial charge < -0.3 is 10.1 Å². The lowest BCUT2D eigenvalue weighted by atomic mass is 10.2. The lowest BCUT2D eigenvalue weighted by Gasteiger charge is -1.99. The van der Waals surface area contributed by atoms with Gasteiger partial charge in [-0.15, -0.1) is 0 Å². The zero-order valence-corrected chi connectivity index (χ0v) is 10.9. The zero-order chi connectivity index (χ0) is 13.6. The van der Waals surface area contributed by atoms with Crippen LogP contribution in [0.1, 0.15) is 5.56 Å². The molecule has 0 aliphatic carbocycles. The lowest BCUT2D eigenvalue weighted by Crippen LogP contribution is -1.92. The molecule has 0 bridgehead atoms. The van der Waals surface area contributed by atoms with Crippen LogP contribution in [0.2, 0.25) is 5.02 Å². The number of hydrogen-bond donors (Lipinski definition) is 1. The van der Waals surface area contributed by atoms with Gasteiger partial charge in [-0.3, -0.25) is 0 Å². The van der Waals surface area contributed by atoms with E-state index >= 15 is 0 Å². The Balaban J connectivity index is 2.23. The number of aryl methyl sites for hydroxylation is 1. The third-order valence-corrected chi connectivity index (χ3v) is 3.28. The quantitative estimate of drug-likeness (QED) is 0.736. The number of aromatic nitrogens is 2. The fourth-order valence-corrected chi connectivity index (χ4v) is 2.39. The van der Waals surface area contributed by atoms with E-state index in [1.807, 2.05) is 23.6 Å². The fraction of sp³-hybridized carbons (Fsp3) is 0.0714. The number of hydrogen-bond acceptors (Lipinski definition) is 2. The van der Waals surface area contributed by atoms with Crippen LogP contribution in [0, 0.1) is 12.7 Å². The Labute approximate surface area is 114 Å². The highest BCUT2D eigenvalue weighted by atomic mass is 35.5. The monoisotopic (exact) mass is 275 g/mol. The van der Waals surface area contributed by atoms with Crippen molar-refractivity contribution in [2.24, 2.45) is 0 Å². The molecule has 3 rings (SSSR count). The van der Waals surface area contributed by atoms with Crippen molar-refractivity contribution >= 4 is 22.9 Å². The molecule has 0 aliphatic heterocycles. The molecule has 0 spiro atoms. The van der Waals surface area contributed by atoms with Gasteiger partial charge in [0.1, 0.15) is 11.5 Å². The number of rotatable bonds is 1. The second-order valence-electron chi connectivity index (χ2n) is 4.44. The summed E-state index contributed by atoms with van der Waals surface area (Å²) in [6.45, 7) is 1.94. The van der Waals surface area contributed by atoms with Crippen molar-refractivity contribution in [2.75, 3.05) is 5.73 Å². The first-order valence-corrected chi connectivity index (χ1v) is 6.12. The molecule has 2 heterocycles. The predicted octanol–water partition coefficient (Wildman–Crippen LogP) is 3.68. The van der Waals surface area contributed by atoms with Crippen LogP contribution in [-0.4, -0.2) is 9.38 Å². The van der Waals surface area contributed by atoms with E-state index in [1.54, 1.807) is 12.3 Å². The van der Waals surface area contributed by atoms with Gasteiger partial charge in [-0.25, -0.2) is 9.37 Å². The van der Waals surface area contributed by atoms with Crippen molar-refractivity contribution in [3.05, 3.63) is 53.1 Å². The molecular weight excluding hydrogens is 265 g/mol. The Morgan fingerprint density at radius 1 is 1.26 bits per heavy atom. The third kappa shape index (κ3) is 2.04. The summed E-state index contributed by atoms with van der Waals surface area (Å²) < 4.78 is 14.9. The van der Waals surface area contributed by atoms with E-state index in [4.69, 9.17) is 17.3 Å². The van der Waals surface area contributed by atoms with Crippen LogP contribution in [0.3, 0.4) is 0 Å². The van der Waals surface area contributed by atoms with Crippen molar-refractivity contribution in [3.8, 4) is 11.3 Å². The maximum absolute atomic E-state index is 13.1. The maximum atomic E-state index is 13.1. The molecule has 0 saturated carbocycles. The van der Waals surface area contributed by atoms with Crippen LogP contribution in [0.25, 0.3) is 16.9 Å². The van der Waals surface area contributed by atoms with Crippen LogP contribution < -0.4 is 5.73 Å². The van der Waals surface area contributed by atoms with E-state index in [2.05, 4.69) is 4.98 Å². The molecule has 2 aromatic heterocycles. The molecular formula is C14H11ClFN3. The minimum Gasteiger partial charge on any atom is -0.398 e. The van der Waals surface area contributed by atoms with Crippen molar-refractivity contribution in [1.29, 1.82) is 0 Å². The van der Waals surface area contributed by atoms with Crippen LogP contribution in [0.4, 0.5) is 10.1 Å². The van der Waals surface area contributed by atoms with Gasteiger partial charge in [0.15, 0.2) is 0 Å². The second kappa shape index (κ2) is 4.24. The summed E-state index contributed by atoms with van der Waals surface area (Å²) in [4.78, 5) is 4.51. The van der Waals surface area contributed by atoms with E-state index < -0.39 is 0 Å². The first-order chi connectivity index (χ1) is 9.04. The van der Waals surface area contributed by atoms with Crippen molar-refractivity contribution in [3.63, 3.8) is 0 Å². The van der Waals surface area contributed by atoms with Gasteiger partial charge in [-0.1, -0.05) is 11.6 Å². The van der Waals surface area contributed by atoms with Crippen LogP contribution in [-0.2, 0) is 0 Å². The molecule has 2 N–H and O–H groups in total. The summed E-state index contributed by atoms with van der Waals surface area (Å²) in [5, 5.41) is 0.342. The molecule has 5 heteroatoms. The molecule has 0 aliphatic rings. The number of pyridine rings is 1. The molecule has 0 saturated heterocycles. The smallest absolute Gasteiger partial charge is 0.140 e. The Morgan fingerprint density at radius 2 is 2.05 bits per heavy atom. The van der Waals surface area contributed by atoms with E-state index in [0.717, 1.165) is 11.2 Å². The summed E-state index contributed by atoms with van der Waals surface area (Å²) in [5.74, 6) is -0.363. The molecule has 0 unspecified atom stereocenters.